The summed E-state index contributed by atoms with van der Waals surface area (Å²) in [5.41, 5.74) is 0.658. The van der Waals surface area contributed by atoms with Gasteiger partial charge in [0.25, 0.3) is 0 Å². The maximum atomic E-state index is 11.7. The molecule has 1 N–H and O–H groups in total. The van der Waals surface area contributed by atoms with Crippen LogP contribution in [0.4, 0.5) is 5.69 Å². The first-order valence-corrected chi connectivity index (χ1v) is 8.19. The first-order chi connectivity index (χ1) is 8.25. The van der Waals surface area contributed by atoms with Gasteiger partial charge in [-0.25, -0.2) is 0 Å². The quantitative estimate of drug-likeness (QED) is 0.372. The fraction of sp³-hybridized carbons (Fsp3) is 0.273. The predicted molar refractivity (Wildman–Crippen MR) is 92.4 cm³/mol. The van der Waals surface area contributed by atoms with Crippen molar-refractivity contribution in [2.75, 3.05) is 5.32 Å². The molecule has 0 fully saturated rings. The van der Waals surface area contributed by atoms with Crippen LogP contribution in [0.25, 0.3) is 0 Å². The predicted octanol–water partition coefficient (Wildman–Crippen LogP) is -0.538. The molecule has 0 aliphatic rings. The van der Waals surface area contributed by atoms with Gasteiger partial charge in [0.05, 0.1) is 11.7 Å². The van der Waals surface area contributed by atoms with Crippen molar-refractivity contribution in [3.8, 4) is 0 Å². The minimum absolute atomic E-state index is 0. The number of carboxylic acids is 1. The number of rotatable bonds is 3. The van der Waals surface area contributed by atoms with Gasteiger partial charge in [0.2, 0.25) is 5.91 Å². The van der Waals surface area contributed by atoms with Crippen LogP contribution >= 0.6 is 67.8 Å². The molecule has 4 nitrogen and oxygen atoms in total. The van der Waals surface area contributed by atoms with Crippen molar-refractivity contribution in [1.29, 1.82) is 0 Å². The van der Waals surface area contributed by atoms with Crippen molar-refractivity contribution in [2.24, 2.45) is 5.92 Å². The van der Waals surface area contributed by atoms with E-state index in [-0.39, 0.29) is 46.9 Å². The maximum Gasteiger partial charge on any atom is 1.00 e. The van der Waals surface area contributed by atoms with Crippen LogP contribution in [0.2, 0.25) is 0 Å². The Labute approximate surface area is 174 Å². The topological polar surface area (TPSA) is 69.2 Å². The molecule has 0 bridgehead atoms. The molecule has 1 aromatic carbocycles. The van der Waals surface area contributed by atoms with Crippen LogP contribution < -0.4 is 40.0 Å². The van der Waals surface area contributed by atoms with E-state index >= 15 is 0 Å². The number of carbonyl (C=O) groups is 2. The van der Waals surface area contributed by atoms with Crippen LogP contribution in [0, 0.1) is 16.6 Å². The van der Waals surface area contributed by atoms with Crippen LogP contribution in [0.15, 0.2) is 6.07 Å². The third-order valence-corrected chi connectivity index (χ3v) is 4.93. The van der Waals surface area contributed by atoms with Crippen molar-refractivity contribution >= 4 is 85.3 Å². The molecule has 0 aliphatic carbocycles. The number of aromatic carboxylic acids is 1. The summed E-state index contributed by atoms with van der Waals surface area (Å²) < 4.78 is 1.90. The molecule has 0 spiro atoms. The Morgan fingerprint density at radius 3 is 2.16 bits per heavy atom. The van der Waals surface area contributed by atoms with Crippen molar-refractivity contribution in [1.82, 2.24) is 0 Å². The van der Waals surface area contributed by atoms with E-state index in [0.29, 0.717) is 12.8 Å². The molecule has 0 heterocycles. The second-order valence-corrected chi connectivity index (χ2v) is 7.24. The van der Waals surface area contributed by atoms with Gasteiger partial charge in [-0.05, 0) is 73.8 Å². The van der Waals surface area contributed by atoms with Gasteiger partial charge in [-0.15, -0.1) is 0 Å². The number of nitrogens with one attached hydrogen (secondary N) is 1. The van der Waals surface area contributed by atoms with Gasteiger partial charge >= 0.3 is 29.6 Å². The van der Waals surface area contributed by atoms with E-state index in [2.05, 4.69) is 27.9 Å². The number of hydrogen-bond acceptors (Lipinski definition) is 3. The second kappa shape index (κ2) is 8.71. The summed E-state index contributed by atoms with van der Waals surface area (Å²) in [6, 6.07) is 1.71. The molecule has 0 radical (unpaired) electrons. The molecule has 19 heavy (non-hydrogen) atoms. The number of carboxylic acid groups (broad SMARTS) is 1. The van der Waals surface area contributed by atoms with Gasteiger partial charge in [-0.2, -0.15) is 0 Å². The van der Waals surface area contributed by atoms with E-state index < -0.39 is 5.97 Å². The summed E-state index contributed by atoms with van der Waals surface area (Å²) in [6.07, 6.45) is 0. The van der Waals surface area contributed by atoms with E-state index in [1.807, 2.05) is 45.2 Å². The first-order valence-electron chi connectivity index (χ1n) is 4.95. The fourth-order valence-corrected chi connectivity index (χ4v) is 5.24. The standard InChI is InChI=1S/C11H10I3NO3.Na/c1-4(2)10(16)15-9-6(13)3-5(12)7(8(9)14)11(17)18;/h3-4H,1-2H3,(H,15,16)(H,17,18);/q;+1/p-1. The Balaban J connectivity index is 0.00000324. The average Bonchev–Trinajstić information content (AvgIpc) is 2.22. The number of halogens is 3. The van der Waals surface area contributed by atoms with E-state index in [4.69, 9.17) is 0 Å². The molecular formula is C11H9I3NNaO3. The van der Waals surface area contributed by atoms with E-state index in [0.717, 1.165) is 3.57 Å². The average molecular weight is 607 g/mol. The molecule has 0 aromatic heterocycles. The SMILES string of the molecule is CC(C)C(=O)Nc1c(I)cc(I)c(C(=O)[O-])c1I.[Na+]. The minimum atomic E-state index is -1.24. The number of carbonyl (C=O) groups excluding carboxylic acids is 2. The Hall–Kier alpha value is 1.35. The van der Waals surface area contributed by atoms with Crippen LogP contribution in [-0.4, -0.2) is 11.9 Å². The van der Waals surface area contributed by atoms with Crippen molar-refractivity contribution < 1.29 is 44.3 Å². The monoisotopic (exact) mass is 607 g/mol. The Morgan fingerprint density at radius 2 is 1.74 bits per heavy atom. The third-order valence-electron chi connectivity index (χ3n) is 2.15. The number of hydrogen-bond donors (Lipinski definition) is 1. The van der Waals surface area contributed by atoms with Gasteiger partial charge in [0, 0.05) is 22.2 Å². The zero-order valence-corrected chi connectivity index (χ0v) is 19.0. The zero-order valence-electron chi connectivity index (χ0n) is 10.5. The summed E-state index contributed by atoms with van der Waals surface area (Å²) in [7, 11) is 0. The molecule has 0 unspecified atom stereocenters. The summed E-state index contributed by atoms with van der Waals surface area (Å²) >= 11 is 5.94. The minimum Gasteiger partial charge on any atom is -0.545 e. The summed E-state index contributed by atoms with van der Waals surface area (Å²) in [6.45, 7) is 3.56. The molecule has 0 saturated heterocycles. The first kappa shape index (κ1) is 20.3. The zero-order chi connectivity index (χ0) is 14.0. The van der Waals surface area contributed by atoms with Crippen LogP contribution in [0.5, 0.6) is 0 Å². The normalized spacial score (nSPS) is 10.0. The number of anilines is 1. The summed E-state index contributed by atoms with van der Waals surface area (Å²) in [4.78, 5) is 22.8. The van der Waals surface area contributed by atoms with Crippen LogP contribution in [0.1, 0.15) is 24.2 Å². The largest absolute Gasteiger partial charge is 1.00 e. The van der Waals surface area contributed by atoms with E-state index in [9.17, 15) is 14.7 Å². The number of amides is 1. The summed E-state index contributed by atoms with van der Waals surface area (Å²) in [5, 5.41) is 13.8. The molecule has 1 aromatic rings. The molecule has 0 saturated carbocycles. The van der Waals surface area contributed by atoms with E-state index in [1.54, 1.807) is 19.9 Å². The summed E-state index contributed by atoms with van der Waals surface area (Å²) in [5.74, 6) is -1.54. The second-order valence-electron chi connectivity index (χ2n) is 3.84. The maximum absolute atomic E-state index is 11.7. The Kier molecular flexibility index (Phi) is 9.33. The van der Waals surface area contributed by atoms with Crippen molar-refractivity contribution in [3.63, 3.8) is 0 Å². The molecule has 0 aliphatic heterocycles. The van der Waals surface area contributed by atoms with Crippen molar-refractivity contribution in [3.05, 3.63) is 22.3 Å². The fourth-order valence-electron chi connectivity index (χ4n) is 1.16. The van der Waals surface area contributed by atoms with Gasteiger partial charge < -0.3 is 15.2 Å². The number of benzene rings is 1. The molecule has 8 heteroatoms. The van der Waals surface area contributed by atoms with Crippen LogP contribution in [0.3, 0.4) is 0 Å². The third kappa shape index (κ3) is 5.24. The van der Waals surface area contributed by atoms with Crippen molar-refractivity contribution in [2.45, 2.75) is 13.8 Å². The van der Waals surface area contributed by atoms with Gasteiger partial charge in [0.15, 0.2) is 0 Å². The molecule has 1 amide bonds. The van der Waals surface area contributed by atoms with Crippen LogP contribution in [-0.2, 0) is 4.79 Å². The van der Waals surface area contributed by atoms with Gasteiger partial charge in [-0.1, -0.05) is 13.8 Å². The smallest absolute Gasteiger partial charge is 0.545 e. The molecular weight excluding hydrogens is 598 g/mol. The Bertz CT molecular complexity index is 520. The van der Waals surface area contributed by atoms with Gasteiger partial charge in [-0.3, -0.25) is 4.79 Å². The van der Waals surface area contributed by atoms with Gasteiger partial charge in [0.1, 0.15) is 0 Å². The van der Waals surface area contributed by atoms with E-state index in [1.165, 1.54) is 0 Å². The molecule has 98 valence electrons. The Morgan fingerprint density at radius 1 is 1.21 bits per heavy atom. The molecule has 1 rings (SSSR count). The molecule has 0 atom stereocenters.